The van der Waals surface area contributed by atoms with Gasteiger partial charge in [-0.05, 0) is 52.7 Å². The summed E-state index contributed by atoms with van der Waals surface area (Å²) in [4.78, 5) is 0. The first kappa shape index (κ1) is 15.4. The standard InChI is InChI=1S/C14H10Br2F2O2/c1-7(19)8-2-3-12(10(16)4-8)20-13-6-9(15)5-11(17)14(13)18/h2-7,19H,1H3. The summed E-state index contributed by atoms with van der Waals surface area (Å²) in [6.45, 7) is 1.63. The molecule has 0 amide bonds. The highest BCUT2D eigenvalue weighted by Crippen LogP contribution is 2.34. The minimum atomic E-state index is -1.06. The van der Waals surface area contributed by atoms with Crippen LogP contribution in [-0.2, 0) is 0 Å². The summed E-state index contributed by atoms with van der Waals surface area (Å²) in [6, 6.07) is 7.24. The molecule has 0 radical (unpaired) electrons. The first-order valence-corrected chi connectivity index (χ1v) is 7.27. The number of ether oxygens (including phenoxy) is 1. The zero-order valence-electron chi connectivity index (χ0n) is 10.3. The van der Waals surface area contributed by atoms with Crippen molar-refractivity contribution in [3.8, 4) is 11.5 Å². The maximum atomic E-state index is 13.6. The molecule has 0 spiro atoms. The zero-order chi connectivity index (χ0) is 14.9. The summed E-state index contributed by atoms with van der Waals surface area (Å²) in [5.74, 6) is -1.95. The van der Waals surface area contributed by atoms with Gasteiger partial charge in [0.1, 0.15) is 5.75 Å². The molecule has 0 saturated carbocycles. The molecule has 0 aliphatic heterocycles. The smallest absolute Gasteiger partial charge is 0.201 e. The minimum absolute atomic E-state index is 0.220. The van der Waals surface area contributed by atoms with E-state index >= 15 is 0 Å². The molecule has 106 valence electrons. The highest BCUT2D eigenvalue weighted by atomic mass is 79.9. The number of benzene rings is 2. The van der Waals surface area contributed by atoms with Crippen molar-refractivity contribution >= 4 is 31.9 Å². The van der Waals surface area contributed by atoms with Crippen LogP contribution < -0.4 is 4.74 Å². The maximum absolute atomic E-state index is 13.6. The molecular formula is C14H10Br2F2O2. The SMILES string of the molecule is CC(O)c1ccc(Oc2cc(Br)cc(F)c2F)c(Br)c1. The molecule has 1 atom stereocenters. The van der Waals surface area contributed by atoms with E-state index < -0.39 is 17.7 Å². The van der Waals surface area contributed by atoms with E-state index in [1.54, 1.807) is 25.1 Å². The Hall–Kier alpha value is -0.980. The number of aliphatic hydroxyl groups excluding tert-OH is 1. The Balaban J connectivity index is 2.35. The Kier molecular flexibility index (Phi) is 4.78. The average molecular weight is 408 g/mol. The fraction of sp³-hybridized carbons (Fsp3) is 0.143. The van der Waals surface area contributed by atoms with E-state index in [0.717, 1.165) is 6.07 Å². The summed E-state index contributed by atoms with van der Waals surface area (Å²) in [5.41, 5.74) is 0.685. The van der Waals surface area contributed by atoms with Gasteiger partial charge >= 0.3 is 0 Å². The number of rotatable bonds is 3. The van der Waals surface area contributed by atoms with Gasteiger partial charge in [-0.25, -0.2) is 4.39 Å². The number of aliphatic hydroxyl groups is 1. The van der Waals surface area contributed by atoms with Crippen molar-refractivity contribution in [2.75, 3.05) is 0 Å². The van der Waals surface area contributed by atoms with Crippen LogP contribution in [0.5, 0.6) is 11.5 Å². The van der Waals surface area contributed by atoms with Crippen LogP contribution >= 0.6 is 31.9 Å². The molecule has 6 heteroatoms. The molecule has 0 aliphatic carbocycles. The largest absolute Gasteiger partial charge is 0.453 e. The summed E-state index contributed by atoms with van der Waals surface area (Å²) in [5, 5.41) is 9.47. The zero-order valence-corrected chi connectivity index (χ0v) is 13.5. The molecule has 2 aromatic carbocycles. The monoisotopic (exact) mass is 406 g/mol. The molecule has 0 bridgehead atoms. The lowest BCUT2D eigenvalue weighted by molar-refractivity contribution is 0.199. The van der Waals surface area contributed by atoms with E-state index in [1.807, 2.05) is 0 Å². The molecule has 1 N–H and O–H groups in total. The Morgan fingerprint density at radius 1 is 1.10 bits per heavy atom. The van der Waals surface area contributed by atoms with Gasteiger partial charge in [-0.3, -0.25) is 0 Å². The Labute approximate surface area is 131 Å². The second kappa shape index (κ2) is 6.20. The lowest BCUT2D eigenvalue weighted by Crippen LogP contribution is -1.95. The van der Waals surface area contributed by atoms with Crippen molar-refractivity contribution < 1.29 is 18.6 Å². The fourth-order valence-corrected chi connectivity index (χ4v) is 2.47. The third-order valence-corrected chi connectivity index (χ3v) is 3.70. The summed E-state index contributed by atoms with van der Waals surface area (Å²) in [6.07, 6.45) is -0.625. The van der Waals surface area contributed by atoms with E-state index in [2.05, 4.69) is 31.9 Å². The summed E-state index contributed by atoms with van der Waals surface area (Å²) in [7, 11) is 0. The van der Waals surface area contributed by atoms with Gasteiger partial charge in [-0.15, -0.1) is 0 Å². The molecule has 0 fully saturated rings. The molecule has 20 heavy (non-hydrogen) atoms. The van der Waals surface area contributed by atoms with Crippen molar-refractivity contribution in [1.82, 2.24) is 0 Å². The van der Waals surface area contributed by atoms with Gasteiger partial charge in [0.25, 0.3) is 0 Å². The highest BCUT2D eigenvalue weighted by Gasteiger charge is 2.14. The van der Waals surface area contributed by atoms with E-state index in [0.29, 0.717) is 20.3 Å². The van der Waals surface area contributed by atoms with E-state index in [-0.39, 0.29) is 5.75 Å². The van der Waals surface area contributed by atoms with Crippen LogP contribution in [0, 0.1) is 11.6 Å². The van der Waals surface area contributed by atoms with E-state index in [1.165, 1.54) is 6.07 Å². The normalized spacial score (nSPS) is 12.3. The minimum Gasteiger partial charge on any atom is -0.453 e. The Bertz CT molecular complexity index is 645. The van der Waals surface area contributed by atoms with Gasteiger partial charge in [-0.1, -0.05) is 22.0 Å². The van der Waals surface area contributed by atoms with Gasteiger partial charge in [0.2, 0.25) is 5.82 Å². The van der Waals surface area contributed by atoms with Crippen molar-refractivity contribution in [1.29, 1.82) is 0 Å². The third-order valence-electron chi connectivity index (χ3n) is 2.62. The summed E-state index contributed by atoms with van der Waals surface area (Å²) >= 11 is 6.35. The molecule has 2 nitrogen and oxygen atoms in total. The number of halogens is 4. The van der Waals surface area contributed by atoms with Crippen LogP contribution in [0.4, 0.5) is 8.78 Å². The Morgan fingerprint density at radius 3 is 2.40 bits per heavy atom. The number of hydrogen-bond donors (Lipinski definition) is 1. The second-order valence-corrected chi connectivity index (χ2v) is 5.94. The van der Waals surface area contributed by atoms with Crippen LogP contribution in [0.15, 0.2) is 39.3 Å². The molecule has 1 unspecified atom stereocenters. The van der Waals surface area contributed by atoms with Crippen LogP contribution in [0.25, 0.3) is 0 Å². The summed E-state index contributed by atoms with van der Waals surface area (Å²) < 4.78 is 33.2. The van der Waals surface area contributed by atoms with Gasteiger partial charge in [0.15, 0.2) is 11.6 Å². The molecule has 2 rings (SSSR count). The van der Waals surface area contributed by atoms with Gasteiger partial charge in [0.05, 0.1) is 10.6 Å². The quantitative estimate of drug-likeness (QED) is 0.696. The molecular weight excluding hydrogens is 398 g/mol. The van der Waals surface area contributed by atoms with Crippen molar-refractivity contribution in [3.63, 3.8) is 0 Å². The molecule has 0 aromatic heterocycles. The topological polar surface area (TPSA) is 29.5 Å². The molecule has 0 heterocycles. The third kappa shape index (κ3) is 3.37. The van der Waals surface area contributed by atoms with Crippen molar-refractivity contribution in [3.05, 3.63) is 56.5 Å². The molecule has 0 saturated heterocycles. The van der Waals surface area contributed by atoms with Gasteiger partial charge < -0.3 is 9.84 Å². The van der Waals surface area contributed by atoms with E-state index in [4.69, 9.17) is 4.74 Å². The predicted molar refractivity (Wildman–Crippen MR) is 78.9 cm³/mol. The highest BCUT2D eigenvalue weighted by molar-refractivity contribution is 9.10. The van der Waals surface area contributed by atoms with Crippen molar-refractivity contribution in [2.45, 2.75) is 13.0 Å². The van der Waals surface area contributed by atoms with Crippen LogP contribution in [0.1, 0.15) is 18.6 Å². The van der Waals surface area contributed by atoms with Crippen LogP contribution in [0.3, 0.4) is 0 Å². The van der Waals surface area contributed by atoms with E-state index in [9.17, 15) is 13.9 Å². The second-order valence-electron chi connectivity index (χ2n) is 4.17. The first-order chi connectivity index (χ1) is 9.38. The average Bonchev–Trinajstić information content (AvgIpc) is 2.37. The first-order valence-electron chi connectivity index (χ1n) is 5.68. The molecule has 0 aliphatic rings. The maximum Gasteiger partial charge on any atom is 0.201 e. The van der Waals surface area contributed by atoms with Gasteiger partial charge in [0, 0.05) is 4.47 Å². The van der Waals surface area contributed by atoms with Crippen LogP contribution in [0.2, 0.25) is 0 Å². The predicted octanol–water partition coefficient (Wildman–Crippen LogP) is 5.34. The van der Waals surface area contributed by atoms with Crippen LogP contribution in [-0.4, -0.2) is 5.11 Å². The lowest BCUT2D eigenvalue weighted by Gasteiger charge is -2.12. The fourth-order valence-electron chi connectivity index (χ4n) is 1.58. The lowest BCUT2D eigenvalue weighted by atomic mass is 10.1. The van der Waals surface area contributed by atoms with Crippen molar-refractivity contribution in [2.24, 2.45) is 0 Å². The molecule has 2 aromatic rings. The number of hydrogen-bond acceptors (Lipinski definition) is 2. The van der Waals surface area contributed by atoms with Gasteiger partial charge in [-0.2, -0.15) is 4.39 Å². The Morgan fingerprint density at radius 2 is 1.80 bits per heavy atom.